The highest BCUT2D eigenvalue weighted by atomic mass is 79.9. The van der Waals surface area contributed by atoms with E-state index in [1.807, 2.05) is 19.1 Å². The zero-order valence-electron chi connectivity index (χ0n) is 14.0. The number of esters is 1. The van der Waals surface area contributed by atoms with Gasteiger partial charge in [-0.3, -0.25) is 4.79 Å². The van der Waals surface area contributed by atoms with Crippen LogP contribution in [-0.4, -0.2) is 16.9 Å². The van der Waals surface area contributed by atoms with Gasteiger partial charge in [0.25, 0.3) is 0 Å². The summed E-state index contributed by atoms with van der Waals surface area (Å²) in [6, 6.07) is 8.54. The van der Waals surface area contributed by atoms with Crippen LogP contribution in [0.1, 0.15) is 45.7 Å². The molecule has 126 valence electrons. The molecule has 0 aliphatic rings. The van der Waals surface area contributed by atoms with Gasteiger partial charge in [-0.1, -0.05) is 31.5 Å². The largest absolute Gasteiger partial charge is 0.506 e. The molecule has 2 rings (SSSR count). The zero-order valence-corrected chi connectivity index (χ0v) is 15.6. The third-order valence-electron chi connectivity index (χ3n) is 3.65. The van der Waals surface area contributed by atoms with Crippen LogP contribution in [-0.2, 0) is 0 Å². The Morgan fingerprint density at radius 1 is 1.12 bits per heavy atom. The van der Waals surface area contributed by atoms with Gasteiger partial charge in [0.1, 0.15) is 10.2 Å². The van der Waals surface area contributed by atoms with Gasteiger partial charge in [0.15, 0.2) is 11.5 Å². The molecule has 0 radical (unpaired) electrons. The fourth-order valence-corrected chi connectivity index (χ4v) is 2.82. The standard InChI is InChI=1S/C19H19BrO4/c1-10(2)16(21)14-9-12(4)18(15(20)17(14)22)24-19(23)13-7-5-11(3)6-8-13/h5-10,22H,1-4H3. The summed E-state index contributed by atoms with van der Waals surface area (Å²) in [4.78, 5) is 24.4. The number of hydrogen-bond donors (Lipinski definition) is 1. The number of phenolic OH excluding ortho intramolecular Hbond substituents is 1. The summed E-state index contributed by atoms with van der Waals surface area (Å²) in [6.45, 7) is 7.17. The Labute approximate surface area is 149 Å². The van der Waals surface area contributed by atoms with Crippen LogP contribution in [0.3, 0.4) is 0 Å². The molecule has 0 fully saturated rings. The molecule has 0 aliphatic carbocycles. The first-order chi connectivity index (χ1) is 11.2. The molecule has 0 heterocycles. The highest BCUT2D eigenvalue weighted by Gasteiger charge is 2.23. The average molecular weight is 391 g/mol. The lowest BCUT2D eigenvalue weighted by Crippen LogP contribution is -2.12. The number of rotatable bonds is 4. The normalized spacial score (nSPS) is 10.8. The van der Waals surface area contributed by atoms with Gasteiger partial charge in [-0.15, -0.1) is 0 Å². The quantitative estimate of drug-likeness (QED) is 0.461. The van der Waals surface area contributed by atoms with E-state index in [1.54, 1.807) is 39.0 Å². The predicted octanol–water partition coefficient (Wildman–Crippen LogP) is 4.83. The van der Waals surface area contributed by atoms with E-state index < -0.39 is 5.97 Å². The fourth-order valence-electron chi connectivity index (χ4n) is 2.21. The smallest absolute Gasteiger partial charge is 0.343 e. The number of ketones is 1. The van der Waals surface area contributed by atoms with Crippen molar-refractivity contribution in [2.45, 2.75) is 27.7 Å². The molecule has 0 saturated heterocycles. The van der Waals surface area contributed by atoms with E-state index in [9.17, 15) is 14.7 Å². The second-order valence-corrected chi connectivity index (χ2v) is 6.80. The number of phenols is 1. The maximum Gasteiger partial charge on any atom is 0.343 e. The molecule has 24 heavy (non-hydrogen) atoms. The van der Waals surface area contributed by atoms with Crippen LogP contribution in [0.2, 0.25) is 0 Å². The third-order valence-corrected chi connectivity index (χ3v) is 4.39. The lowest BCUT2D eigenvalue weighted by Gasteiger charge is -2.15. The Kier molecular flexibility index (Phi) is 5.44. The maximum absolute atomic E-state index is 12.3. The summed E-state index contributed by atoms with van der Waals surface area (Å²) in [6.07, 6.45) is 0. The molecule has 0 spiro atoms. The van der Waals surface area contributed by atoms with Gasteiger partial charge in [0.05, 0.1) is 11.1 Å². The van der Waals surface area contributed by atoms with Crippen LogP contribution < -0.4 is 4.74 Å². The Morgan fingerprint density at radius 2 is 1.71 bits per heavy atom. The molecule has 0 aliphatic heterocycles. The molecule has 0 unspecified atom stereocenters. The highest BCUT2D eigenvalue weighted by Crippen LogP contribution is 2.40. The van der Waals surface area contributed by atoms with Crippen LogP contribution in [0.25, 0.3) is 0 Å². The Bertz CT molecular complexity index is 792. The van der Waals surface area contributed by atoms with Crippen LogP contribution in [0.15, 0.2) is 34.8 Å². The molecule has 2 aromatic carbocycles. The van der Waals surface area contributed by atoms with E-state index in [4.69, 9.17) is 4.74 Å². The molecule has 0 aromatic heterocycles. The van der Waals surface area contributed by atoms with Crippen molar-refractivity contribution in [3.8, 4) is 11.5 Å². The molecule has 0 atom stereocenters. The summed E-state index contributed by atoms with van der Waals surface area (Å²) in [5.41, 5.74) is 2.25. The van der Waals surface area contributed by atoms with Crippen LogP contribution >= 0.6 is 15.9 Å². The molecule has 5 heteroatoms. The van der Waals surface area contributed by atoms with Gasteiger partial charge in [-0.05, 0) is 53.5 Å². The number of hydrogen-bond acceptors (Lipinski definition) is 4. The first-order valence-corrected chi connectivity index (χ1v) is 8.36. The first kappa shape index (κ1) is 18.2. The second-order valence-electron chi connectivity index (χ2n) is 6.01. The fraction of sp³-hybridized carbons (Fsp3) is 0.263. The minimum absolute atomic E-state index is 0.173. The summed E-state index contributed by atoms with van der Waals surface area (Å²) in [7, 11) is 0. The average Bonchev–Trinajstić information content (AvgIpc) is 2.54. The molecule has 0 amide bonds. The number of ether oxygens (including phenoxy) is 1. The van der Waals surface area contributed by atoms with Crippen LogP contribution in [0, 0.1) is 19.8 Å². The topological polar surface area (TPSA) is 63.6 Å². The number of aryl methyl sites for hydroxylation is 2. The predicted molar refractivity (Wildman–Crippen MR) is 95.8 cm³/mol. The van der Waals surface area contributed by atoms with Gasteiger partial charge >= 0.3 is 5.97 Å². The summed E-state index contributed by atoms with van der Waals surface area (Å²) >= 11 is 3.23. The number of Topliss-reactive ketones (excluding diaryl/α,β-unsaturated/α-hetero) is 1. The molecule has 4 nitrogen and oxygen atoms in total. The van der Waals surface area contributed by atoms with Gasteiger partial charge in [0, 0.05) is 5.92 Å². The Balaban J connectivity index is 2.38. The molecular weight excluding hydrogens is 372 g/mol. The minimum Gasteiger partial charge on any atom is -0.506 e. The van der Waals surface area contributed by atoms with Crippen molar-refractivity contribution in [1.82, 2.24) is 0 Å². The van der Waals surface area contributed by atoms with E-state index >= 15 is 0 Å². The zero-order chi connectivity index (χ0) is 18.0. The SMILES string of the molecule is Cc1ccc(C(=O)Oc2c(C)cc(C(=O)C(C)C)c(O)c2Br)cc1. The van der Waals surface area contributed by atoms with Crippen molar-refractivity contribution in [2.75, 3.05) is 0 Å². The molecule has 1 N–H and O–H groups in total. The third kappa shape index (κ3) is 3.67. The molecule has 0 bridgehead atoms. The van der Waals surface area contributed by atoms with Crippen molar-refractivity contribution in [3.05, 3.63) is 57.1 Å². The van der Waals surface area contributed by atoms with Crippen molar-refractivity contribution < 1.29 is 19.4 Å². The number of benzene rings is 2. The molecular formula is C19H19BrO4. The van der Waals surface area contributed by atoms with Crippen molar-refractivity contribution in [2.24, 2.45) is 5.92 Å². The lowest BCUT2D eigenvalue weighted by atomic mass is 9.98. The molecule has 2 aromatic rings. The van der Waals surface area contributed by atoms with Gasteiger partial charge in [-0.25, -0.2) is 4.79 Å². The van der Waals surface area contributed by atoms with Crippen molar-refractivity contribution in [1.29, 1.82) is 0 Å². The van der Waals surface area contributed by atoms with E-state index in [1.165, 1.54) is 0 Å². The van der Waals surface area contributed by atoms with Crippen molar-refractivity contribution >= 4 is 27.7 Å². The van der Waals surface area contributed by atoms with Crippen LogP contribution in [0.4, 0.5) is 0 Å². The number of carbonyl (C=O) groups is 2. The summed E-state index contributed by atoms with van der Waals surface area (Å²) < 4.78 is 5.62. The molecule has 0 saturated carbocycles. The lowest BCUT2D eigenvalue weighted by molar-refractivity contribution is 0.0732. The summed E-state index contributed by atoms with van der Waals surface area (Å²) in [5.74, 6) is -0.957. The van der Waals surface area contributed by atoms with Gasteiger partial charge in [-0.2, -0.15) is 0 Å². The van der Waals surface area contributed by atoms with E-state index in [0.29, 0.717) is 11.1 Å². The number of halogens is 1. The maximum atomic E-state index is 12.3. The Morgan fingerprint density at radius 3 is 2.25 bits per heavy atom. The minimum atomic E-state index is -0.527. The second kappa shape index (κ2) is 7.18. The Hall–Kier alpha value is -2.14. The van der Waals surface area contributed by atoms with Gasteiger partial charge in [0.2, 0.25) is 0 Å². The van der Waals surface area contributed by atoms with E-state index in [0.717, 1.165) is 5.56 Å². The van der Waals surface area contributed by atoms with E-state index in [-0.39, 0.29) is 33.2 Å². The monoisotopic (exact) mass is 390 g/mol. The summed E-state index contributed by atoms with van der Waals surface area (Å²) in [5, 5.41) is 10.3. The van der Waals surface area contributed by atoms with Crippen LogP contribution in [0.5, 0.6) is 11.5 Å². The van der Waals surface area contributed by atoms with Crippen molar-refractivity contribution in [3.63, 3.8) is 0 Å². The highest BCUT2D eigenvalue weighted by molar-refractivity contribution is 9.10. The number of carbonyl (C=O) groups excluding carboxylic acids is 2. The number of aromatic hydroxyl groups is 1. The van der Waals surface area contributed by atoms with E-state index in [2.05, 4.69) is 15.9 Å². The van der Waals surface area contributed by atoms with Gasteiger partial charge < -0.3 is 9.84 Å². The first-order valence-electron chi connectivity index (χ1n) is 7.57.